The molecule has 0 heterocycles. The third-order valence-corrected chi connectivity index (χ3v) is 3.13. The first-order valence-corrected chi connectivity index (χ1v) is 4.92. The van der Waals surface area contributed by atoms with Crippen LogP contribution in [0.2, 0.25) is 0 Å². The van der Waals surface area contributed by atoms with Crippen LogP contribution in [0.5, 0.6) is 0 Å². The fourth-order valence-electron chi connectivity index (χ4n) is 1.40. The summed E-state index contributed by atoms with van der Waals surface area (Å²) in [5, 5.41) is 0. The van der Waals surface area contributed by atoms with Crippen molar-refractivity contribution in [1.82, 2.24) is 0 Å². The molecular weight excluding hydrogens is 160 g/mol. The maximum Gasteiger partial charge on any atom is 0.0536 e. The molecule has 1 nitrogen and oxygen atoms in total. The topological polar surface area (TPSA) is 9.23 Å². The summed E-state index contributed by atoms with van der Waals surface area (Å²) in [6, 6.07) is 0. The van der Waals surface area contributed by atoms with Crippen molar-refractivity contribution < 1.29 is 4.74 Å². The third kappa shape index (κ3) is 2.09. The summed E-state index contributed by atoms with van der Waals surface area (Å²) in [5.41, 5.74) is 0.344. The van der Waals surface area contributed by atoms with Gasteiger partial charge in [-0.05, 0) is 18.8 Å². The lowest BCUT2D eigenvalue weighted by atomic mass is 10.1. The van der Waals surface area contributed by atoms with Gasteiger partial charge in [-0.1, -0.05) is 13.8 Å². The molecule has 2 heteroatoms. The van der Waals surface area contributed by atoms with Gasteiger partial charge in [0.05, 0.1) is 6.61 Å². The quantitative estimate of drug-likeness (QED) is 0.463. The molecule has 0 amide bonds. The van der Waals surface area contributed by atoms with Crippen molar-refractivity contribution in [3.8, 4) is 0 Å². The maximum atomic E-state index is 5.85. The zero-order valence-corrected chi connectivity index (χ0v) is 8.16. The Kier molecular flexibility index (Phi) is 3.20. The number of alkyl halides is 1. The maximum absolute atomic E-state index is 5.85. The molecule has 0 aromatic carbocycles. The van der Waals surface area contributed by atoms with Gasteiger partial charge in [-0.3, -0.25) is 0 Å². The van der Waals surface area contributed by atoms with Crippen molar-refractivity contribution in [2.24, 2.45) is 11.3 Å². The van der Waals surface area contributed by atoms with Gasteiger partial charge in [-0.2, -0.15) is 0 Å². The first-order chi connectivity index (χ1) is 5.25. The summed E-state index contributed by atoms with van der Waals surface area (Å²) < 4.78 is 5.49. The Bertz CT molecular complexity index is 123. The molecule has 66 valence electrons. The van der Waals surface area contributed by atoms with E-state index in [-0.39, 0.29) is 0 Å². The van der Waals surface area contributed by atoms with Crippen molar-refractivity contribution >= 4 is 11.6 Å². The minimum absolute atomic E-state index is 0.344. The first-order valence-electron chi connectivity index (χ1n) is 4.39. The molecule has 1 fully saturated rings. The molecule has 0 saturated heterocycles. The summed E-state index contributed by atoms with van der Waals surface area (Å²) in [6.45, 7) is 6.12. The molecule has 1 aliphatic carbocycles. The molecule has 0 aromatic heterocycles. The molecule has 0 aliphatic heterocycles. The van der Waals surface area contributed by atoms with E-state index in [0.717, 1.165) is 31.4 Å². The van der Waals surface area contributed by atoms with E-state index in [4.69, 9.17) is 16.3 Å². The lowest BCUT2D eigenvalue weighted by Gasteiger charge is -2.12. The summed E-state index contributed by atoms with van der Waals surface area (Å²) in [6.07, 6.45) is 2.35. The summed E-state index contributed by atoms with van der Waals surface area (Å²) >= 11 is 5.85. The van der Waals surface area contributed by atoms with Gasteiger partial charge in [-0.15, -0.1) is 11.6 Å². The smallest absolute Gasteiger partial charge is 0.0536 e. The van der Waals surface area contributed by atoms with Crippen LogP contribution >= 0.6 is 11.6 Å². The Hall–Kier alpha value is 0.250. The molecule has 2 unspecified atom stereocenters. The van der Waals surface area contributed by atoms with Crippen LogP contribution in [0.25, 0.3) is 0 Å². The minimum Gasteiger partial charge on any atom is -0.381 e. The highest BCUT2D eigenvalue weighted by atomic mass is 35.5. The molecule has 0 aromatic rings. The van der Waals surface area contributed by atoms with E-state index in [9.17, 15) is 0 Å². The Morgan fingerprint density at radius 3 is 2.64 bits per heavy atom. The Morgan fingerprint density at radius 2 is 2.27 bits per heavy atom. The SMILES string of the molecule is CCCOCC1(CCl)CC1C. The Labute approximate surface area is 74.1 Å². The number of halogens is 1. The Balaban J connectivity index is 2.14. The second-order valence-electron chi connectivity index (χ2n) is 3.65. The summed E-state index contributed by atoms with van der Waals surface area (Å²) in [5.74, 6) is 1.54. The lowest BCUT2D eigenvalue weighted by Crippen LogP contribution is -2.14. The van der Waals surface area contributed by atoms with Crippen molar-refractivity contribution in [2.45, 2.75) is 26.7 Å². The molecule has 0 radical (unpaired) electrons. The van der Waals surface area contributed by atoms with E-state index < -0.39 is 0 Å². The van der Waals surface area contributed by atoms with Gasteiger partial charge in [0, 0.05) is 17.9 Å². The van der Waals surface area contributed by atoms with Gasteiger partial charge in [0.15, 0.2) is 0 Å². The van der Waals surface area contributed by atoms with E-state index in [1.807, 2.05) is 0 Å². The van der Waals surface area contributed by atoms with Crippen LogP contribution in [0.1, 0.15) is 26.7 Å². The lowest BCUT2D eigenvalue weighted by molar-refractivity contribution is 0.0933. The van der Waals surface area contributed by atoms with Crippen molar-refractivity contribution in [3.63, 3.8) is 0 Å². The third-order valence-electron chi connectivity index (χ3n) is 2.60. The average Bonchev–Trinajstić information content (AvgIpc) is 2.64. The van der Waals surface area contributed by atoms with Crippen LogP contribution in [-0.2, 0) is 4.74 Å². The number of hydrogen-bond acceptors (Lipinski definition) is 1. The van der Waals surface area contributed by atoms with Crippen LogP contribution in [-0.4, -0.2) is 19.1 Å². The van der Waals surface area contributed by atoms with Crippen LogP contribution in [0.15, 0.2) is 0 Å². The zero-order chi connectivity index (χ0) is 8.32. The molecule has 1 rings (SSSR count). The van der Waals surface area contributed by atoms with E-state index in [0.29, 0.717) is 5.41 Å². The van der Waals surface area contributed by atoms with E-state index in [1.54, 1.807) is 0 Å². The van der Waals surface area contributed by atoms with Crippen LogP contribution < -0.4 is 0 Å². The fraction of sp³-hybridized carbons (Fsp3) is 1.00. The standard InChI is InChI=1S/C9H17ClO/c1-3-4-11-7-9(6-10)5-8(9)2/h8H,3-7H2,1-2H3. The molecule has 0 bridgehead atoms. The van der Waals surface area contributed by atoms with E-state index in [2.05, 4.69) is 13.8 Å². The molecule has 1 saturated carbocycles. The zero-order valence-electron chi connectivity index (χ0n) is 7.40. The van der Waals surface area contributed by atoms with Gasteiger partial charge in [0.2, 0.25) is 0 Å². The van der Waals surface area contributed by atoms with Gasteiger partial charge < -0.3 is 4.74 Å². The van der Waals surface area contributed by atoms with Crippen LogP contribution in [0.3, 0.4) is 0 Å². The van der Waals surface area contributed by atoms with Crippen molar-refractivity contribution in [3.05, 3.63) is 0 Å². The van der Waals surface area contributed by atoms with Crippen molar-refractivity contribution in [2.75, 3.05) is 19.1 Å². The predicted octanol–water partition coefficient (Wildman–Crippen LogP) is 2.68. The normalized spacial score (nSPS) is 35.7. The fourth-order valence-corrected chi connectivity index (χ4v) is 1.85. The highest BCUT2D eigenvalue weighted by Crippen LogP contribution is 2.53. The van der Waals surface area contributed by atoms with Gasteiger partial charge in [0.25, 0.3) is 0 Å². The van der Waals surface area contributed by atoms with Gasteiger partial charge in [-0.25, -0.2) is 0 Å². The summed E-state index contributed by atoms with van der Waals surface area (Å²) in [4.78, 5) is 0. The second kappa shape index (κ2) is 3.77. The van der Waals surface area contributed by atoms with Gasteiger partial charge in [0.1, 0.15) is 0 Å². The highest BCUT2D eigenvalue weighted by Gasteiger charge is 2.50. The van der Waals surface area contributed by atoms with E-state index >= 15 is 0 Å². The Morgan fingerprint density at radius 1 is 1.64 bits per heavy atom. The number of ether oxygens (including phenoxy) is 1. The minimum atomic E-state index is 0.344. The molecule has 11 heavy (non-hydrogen) atoms. The number of rotatable bonds is 5. The highest BCUT2D eigenvalue weighted by molar-refractivity contribution is 6.18. The first kappa shape index (κ1) is 9.34. The van der Waals surface area contributed by atoms with Crippen molar-refractivity contribution in [1.29, 1.82) is 0 Å². The second-order valence-corrected chi connectivity index (χ2v) is 3.92. The molecule has 0 N–H and O–H groups in total. The molecular formula is C9H17ClO. The van der Waals surface area contributed by atoms with E-state index in [1.165, 1.54) is 6.42 Å². The monoisotopic (exact) mass is 176 g/mol. The molecule has 0 spiro atoms. The largest absolute Gasteiger partial charge is 0.381 e. The molecule has 1 aliphatic rings. The predicted molar refractivity (Wildman–Crippen MR) is 48.0 cm³/mol. The average molecular weight is 177 g/mol. The summed E-state index contributed by atoms with van der Waals surface area (Å²) in [7, 11) is 0. The van der Waals surface area contributed by atoms with Crippen LogP contribution in [0.4, 0.5) is 0 Å². The van der Waals surface area contributed by atoms with Crippen LogP contribution in [0, 0.1) is 11.3 Å². The number of hydrogen-bond donors (Lipinski definition) is 0. The molecule has 2 atom stereocenters. The van der Waals surface area contributed by atoms with Gasteiger partial charge >= 0.3 is 0 Å².